The molecule has 0 radical (unpaired) electrons. The van der Waals surface area contributed by atoms with Crippen LogP contribution in [0.3, 0.4) is 0 Å². The van der Waals surface area contributed by atoms with Crippen molar-refractivity contribution in [3.8, 4) is 0 Å². The van der Waals surface area contributed by atoms with Gasteiger partial charge in [0.2, 0.25) is 0 Å². The summed E-state index contributed by atoms with van der Waals surface area (Å²) >= 11 is 1.28. The van der Waals surface area contributed by atoms with Crippen molar-refractivity contribution in [1.82, 2.24) is 0 Å². The Balaban J connectivity index is 2.02. The predicted octanol–water partition coefficient (Wildman–Crippen LogP) is 4.21. The molecule has 2 nitrogen and oxygen atoms in total. The van der Waals surface area contributed by atoms with Crippen LogP contribution in [-0.4, -0.2) is 16.7 Å². The molecule has 0 aliphatic carbocycles. The van der Waals surface area contributed by atoms with Crippen molar-refractivity contribution in [3.63, 3.8) is 0 Å². The molecule has 0 N–H and O–H groups in total. The maximum Gasteiger partial charge on any atom is 0.193 e. The van der Waals surface area contributed by atoms with E-state index in [4.69, 9.17) is 0 Å². The summed E-state index contributed by atoms with van der Waals surface area (Å²) in [5.41, 5.74) is 2.39. The van der Waals surface area contributed by atoms with Gasteiger partial charge in [0.15, 0.2) is 10.9 Å². The standard InChI is InChI=1S/C18H16O2S/c1-14(19)21-13-5-6-15-9-11-17(12-10-15)18(20)16-7-3-2-4-8-16/h2-12H,13H2,1H3. The lowest BCUT2D eigenvalue weighted by Crippen LogP contribution is -2.00. The van der Waals surface area contributed by atoms with Gasteiger partial charge in [0.1, 0.15) is 0 Å². The molecule has 0 aliphatic heterocycles. The highest BCUT2D eigenvalue weighted by Crippen LogP contribution is 2.12. The van der Waals surface area contributed by atoms with Crippen molar-refractivity contribution >= 4 is 28.7 Å². The minimum absolute atomic E-state index is 0.0262. The van der Waals surface area contributed by atoms with E-state index >= 15 is 0 Å². The molecule has 0 atom stereocenters. The second-order valence-corrected chi connectivity index (χ2v) is 5.72. The Kier molecular flexibility index (Phi) is 5.52. The Morgan fingerprint density at radius 3 is 2.19 bits per heavy atom. The summed E-state index contributed by atoms with van der Waals surface area (Å²) in [5, 5.41) is 0.114. The average Bonchev–Trinajstić information content (AvgIpc) is 2.52. The van der Waals surface area contributed by atoms with Gasteiger partial charge in [-0.3, -0.25) is 9.59 Å². The molecule has 0 heterocycles. The van der Waals surface area contributed by atoms with Crippen LogP contribution in [0.15, 0.2) is 60.7 Å². The molecule has 0 saturated carbocycles. The summed E-state index contributed by atoms with van der Waals surface area (Å²) in [5.74, 6) is 0.693. The monoisotopic (exact) mass is 296 g/mol. The highest BCUT2D eigenvalue weighted by molar-refractivity contribution is 8.13. The second kappa shape index (κ2) is 7.60. The van der Waals surface area contributed by atoms with Crippen molar-refractivity contribution in [1.29, 1.82) is 0 Å². The highest BCUT2D eigenvalue weighted by atomic mass is 32.2. The zero-order chi connectivity index (χ0) is 15.1. The van der Waals surface area contributed by atoms with Crippen LogP contribution in [0.25, 0.3) is 6.08 Å². The molecule has 21 heavy (non-hydrogen) atoms. The van der Waals surface area contributed by atoms with Crippen LogP contribution >= 0.6 is 11.8 Å². The van der Waals surface area contributed by atoms with E-state index in [2.05, 4.69) is 0 Å². The van der Waals surface area contributed by atoms with E-state index in [-0.39, 0.29) is 10.9 Å². The van der Waals surface area contributed by atoms with Crippen LogP contribution < -0.4 is 0 Å². The molecule has 0 amide bonds. The third-order valence-corrected chi connectivity index (χ3v) is 3.67. The fraction of sp³-hybridized carbons (Fsp3) is 0.111. The van der Waals surface area contributed by atoms with E-state index in [1.807, 2.05) is 66.7 Å². The summed E-state index contributed by atoms with van der Waals surface area (Å²) in [4.78, 5) is 23.0. The molecule has 2 aromatic rings. The number of carbonyl (C=O) groups excluding carboxylic acids is 2. The lowest BCUT2D eigenvalue weighted by molar-refractivity contribution is -0.109. The maximum atomic E-state index is 12.2. The van der Waals surface area contributed by atoms with Crippen molar-refractivity contribution in [2.45, 2.75) is 6.92 Å². The normalized spacial score (nSPS) is 10.7. The van der Waals surface area contributed by atoms with E-state index in [0.717, 1.165) is 5.56 Å². The Hall–Kier alpha value is -2.13. The molecule has 0 saturated heterocycles. The van der Waals surface area contributed by atoms with Gasteiger partial charge in [-0.05, 0) is 5.56 Å². The molecule has 0 bridgehead atoms. The maximum absolute atomic E-state index is 12.2. The molecular weight excluding hydrogens is 280 g/mol. The first-order valence-electron chi connectivity index (χ1n) is 6.66. The highest BCUT2D eigenvalue weighted by Gasteiger charge is 2.07. The van der Waals surface area contributed by atoms with Gasteiger partial charge in [-0.1, -0.05) is 78.5 Å². The van der Waals surface area contributed by atoms with Crippen LogP contribution in [0.4, 0.5) is 0 Å². The van der Waals surface area contributed by atoms with Crippen LogP contribution in [-0.2, 0) is 4.79 Å². The van der Waals surface area contributed by atoms with Crippen LogP contribution in [0.5, 0.6) is 0 Å². The van der Waals surface area contributed by atoms with Crippen LogP contribution in [0.1, 0.15) is 28.4 Å². The molecule has 0 aromatic heterocycles. The van der Waals surface area contributed by atoms with Gasteiger partial charge in [0, 0.05) is 23.8 Å². The molecular formula is C18H16O2S. The van der Waals surface area contributed by atoms with Crippen molar-refractivity contribution < 1.29 is 9.59 Å². The first kappa shape index (κ1) is 15.3. The van der Waals surface area contributed by atoms with E-state index < -0.39 is 0 Å². The molecule has 0 aliphatic rings. The minimum Gasteiger partial charge on any atom is -0.289 e. The zero-order valence-corrected chi connectivity index (χ0v) is 12.6. The number of benzene rings is 2. The number of ketones is 1. The smallest absolute Gasteiger partial charge is 0.193 e. The van der Waals surface area contributed by atoms with E-state index in [1.54, 1.807) is 6.92 Å². The molecule has 3 heteroatoms. The number of hydrogen-bond acceptors (Lipinski definition) is 3. The molecule has 106 valence electrons. The number of thioether (sulfide) groups is 1. The summed E-state index contributed by atoms with van der Waals surface area (Å²) in [6.45, 7) is 1.56. The Labute approximate surface area is 128 Å². The molecule has 0 fully saturated rings. The minimum atomic E-state index is 0.0262. The number of rotatable bonds is 5. The van der Waals surface area contributed by atoms with Crippen molar-refractivity contribution in [3.05, 3.63) is 77.4 Å². The fourth-order valence-electron chi connectivity index (χ4n) is 1.85. The van der Waals surface area contributed by atoms with Gasteiger partial charge in [0.25, 0.3) is 0 Å². The van der Waals surface area contributed by atoms with E-state index in [9.17, 15) is 9.59 Å². The zero-order valence-electron chi connectivity index (χ0n) is 11.8. The summed E-state index contributed by atoms with van der Waals surface area (Å²) in [7, 11) is 0. The van der Waals surface area contributed by atoms with Gasteiger partial charge < -0.3 is 0 Å². The predicted molar refractivity (Wildman–Crippen MR) is 88.5 cm³/mol. The van der Waals surface area contributed by atoms with Gasteiger partial charge in [-0.25, -0.2) is 0 Å². The lowest BCUT2D eigenvalue weighted by atomic mass is 10.0. The van der Waals surface area contributed by atoms with Crippen LogP contribution in [0.2, 0.25) is 0 Å². The van der Waals surface area contributed by atoms with Crippen molar-refractivity contribution in [2.75, 3.05) is 5.75 Å². The van der Waals surface area contributed by atoms with E-state index in [0.29, 0.717) is 16.9 Å². The van der Waals surface area contributed by atoms with Gasteiger partial charge in [-0.2, -0.15) is 0 Å². The lowest BCUT2D eigenvalue weighted by Gasteiger charge is -2.01. The quantitative estimate of drug-likeness (QED) is 0.775. The largest absolute Gasteiger partial charge is 0.289 e. The molecule has 0 unspecified atom stereocenters. The summed E-state index contributed by atoms with van der Waals surface area (Å²) < 4.78 is 0. The number of carbonyl (C=O) groups is 2. The topological polar surface area (TPSA) is 34.1 Å². The van der Waals surface area contributed by atoms with Gasteiger partial charge in [0.05, 0.1) is 0 Å². The molecule has 2 aromatic carbocycles. The first-order chi connectivity index (χ1) is 10.2. The Morgan fingerprint density at radius 2 is 1.57 bits per heavy atom. The SMILES string of the molecule is CC(=O)SCC=Cc1ccc(C(=O)c2ccccc2)cc1. The van der Waals surface area contributed by atoms with Crippen LogP contribution in [0, 0.1) is 0 Å². The Bertz CT molecular complexity index is 643. The molecule has 2 rings (SSSR count). The van der Waals surface area contributed by atoms with Gasteiger partial charge >= 0.3 is 0 Å². The van der Waals surface area contributed by atoms with Gasteiger partial charge in [-0.15, -0.1) is 0 Å². The second-order valence-electron chi connectivity index (χ2n) is 4.52. The fourth-order valence-corrected chi connectivity index (χ4v) is 2.28. The number of hydrogen-bond donors (Lipinski definition) is 0. The third kappa shape index (κ3) is 4.72. The first-order valence-corrected chi connectivity index (χ1v) is 7.65. The summed E-state index contributed by atoms with van der Waals surface area (Å²) in [6, 6.07) is 16.7. The molecule has 0 spiro atoms. The summed E-state index contributed by atoms with van der Waals surface area (Å²) in [6.07, 6.45) is 3.90. The third-order valence-electron chi connectivity index (χ3n) is 2.90. The Morgan fingerprint density at radius 1 is 0.952 bits per heavy atom. The van der Waals surface area contributed by atoms with E-state index in [1.165, 1.54) is 11.8 Å². The average molecular weight is 296 g/mol. The van der Waals surface area contributed by atoms with Crippen molar-refractivity contribution in [2.24, 2.45) is 0 Å².